The summed E-state index contributed by atoms with van der Waals surface area (Å²) in [6, 6.07) is 10.6. The van der Waals surface area contributed by atoms with Crippen molar-refractivity contribution in [1.29, 1.82) is 0 Å². The van der Waals surface area contributed by atoms with Gasteiger partial charge in [0, 0.05) is 24.0 Å². The third-order valence-electron chi connectivity index (χ3n) is 4.29. The van der Waals surface area contributed by atoms with Crippen molar-refractivity contribution in [1.82, 2.24) is 9.80 Å². The molecule has 1 fully saturated rings. The van der Waals surface area contributed by atoms with E-state index in [4.69, 9.17) is 16.3 Å². The topological polar surface area (TPSA) is 49.9 Å². The summed E-state index contributed by atoms with van der Waals surface area (Å²) < 4.78 is 5.65. The molecule has 5 nitrogen and oxygen atoms in total. The average molecular weight is 379 g/mol. The average Bonchev–Trinajstić information content (AvgIpc) is 3.10. The zero-order valence-corrected chi connectivity index (χ0v) is 15.6. The van der Waals surface area contributed by atoms with Gasteiger partial charge < -0.3 is 14.5 Å². The Morgan fingerprint density at radius 3 is 2.72 bits per heavy atom. The van der Waals surface area contributed by atoms with Gasteiger partial charge in [-0.25, -0.2) is 0 Å². The zero-order chi connectivity index (χ0) is 18.0. The highest BCUT2D eigenvalue weighted by Gasteiger charge is 2.41. The van der Waals surface area contributed by atoms with Crippen molar-refractivity contribution >= 4 is 34.8 Å². The number of hydrogen-bond acceptors (Lipinski definition) is 4. The van der Waals surface area contributed by atoms with Crippen LogP contribution in [-0.2, 0) is 20.9 Å². The summed E-state index contributed by atoms with van der Waals surface area (Å²) in [4.78, 5) is 29.4. The number of rotatable bonds is 4. The first-order valence-corrected chi connectivity index (χ1v) is 9.13. The largest absolute Gasteiger partial charge is 0.356 e. The molecule has 1 aliphatic heterocycles. The molecule has 7 heteroatoms. The molecule has 1 saturated heterocycles. The van der Waals surface area contributed by atoms with E-state index in [9.17, 15) is 9.59 Å². The Hall–Kier alpha value is -1.89. The van der Waals surface area contributed by atoms with Gasteiger partial charge in [0.1, 0.15) is 6.61 Å². The number of morpholine rings is 1. The van der Waals surface area contributed by atoms with Gasteiger partial charge in [0.25, 0.3) is 5.91 Å². The van der Waals surface area contributed by atoms with Crippen LogP contribution in [0, 0.1) is 0 Å². The fourth-order valence-electron chi connectivity index (χ4n) is 2.91. The van der Waals surface area contributed by atoms with Crippen LogP contribution in [0.25, 0.3) is 0 Å². The highest BCUT2D eigenvalue weighted by atomic mass is 35.5. The van der Waals surface area contributed by atoms with Gasteiger partial charge in [0.05, 0.1) is 12.6 Å². The van der Waals surface area contributed by atoms with Crippen molar-refractivity contribution in [2.24, 2.45) is 0 Å². The second-order valence-corrected chi connectivity index (χ2v) is 7.47. The molecule has 1 aromatic heterocycles. The van der Waals surface area contributed by atoms with Crippen molar-refractivity contribution in [2.75, 3.05) is 20.7 Å². The second-order valence-electron chi connectivity index (χ2n) is 6.01. The summed E-state index contributed by atoms with van der Waals surface area (Å²) >= 11 is 7.56. The lowest BCUT2D eigenvalue weighted by molar-refractivity contribution is -0.167. The molecule has 0 N–H and O–H groups in total. The summed E-state index contributed by atoms with van der Waals surface area (Å²) in [5, 5.41) is 2.58. The summed E-state index contributed by atoms with van der Waals surface area (Å²) in [5.41, 5.74) is 0.822. The van der Waals surface area contributed by atoms with E-state index in [1.54, 1.807) is 47.4 Å². The molecule has 2 atom stereocenters. The number of carbonyl (C=O) groups excluding carboxylic acids is 2. The van der Waals surface area contributed by atoms with Crippen LogP contribution in [0.5, 0.6) is 0 Å². The van der Waals surface area contributed by atoms with E-state index < -0.39 is 12.1 Å². The molecule has 2 heterocycles. The minimum absolute atomic E-state index is 0.0934. The van der Waals surface area contributed by atoms with Crippen LogP contribution in [0.3, 0.4) is 0 Å². The monoisotopic (exact) mass is 378 g/mol. The number of benzene rings is 1. The molecule has 0 saturated carbocycles. The smallest absolute Gasteiger partial charge is 0.254 e. The number of halogens is 1. The minimum atomic E-state index is -0.742. The summed E-state index contributed by atoms with van der Waals surface area (Å²) in [5.74, 6) is -0.294. The van der Waals surface area contributed by atoms with Crippen LogP contribution in [-0.4, -0.2) is 48.4 Å². The van der Waals surface area contributed by atoms with Gasteiger partial charge in [-0.05, 0) is 29.1 Å². The quantitative estimate of drug-likeness (QED) is 0.821. The lowest BCUT2D eigenvalue weighted by Gasteiger charge is -2.39. The Kier molecular flexibility index (Phi) is 5.42. The summed E-state index contributed by atoms with van der Waals surface area (Å²) in [6.07, 6.45) is -0.742. The van der Waals surface area contributed by atoms with E-state index in [-0.39, 0.29) is 18.4 Å². The minimum Gasteiger partial charge on any atom is -0.356 e. The molecule has 2 amide bonds. The van der Waals surface area contributed by atoms with Gasteiger partial charge in [0.2, 0.25) is 5.91 Å². The highest BCUT2D eigenvalue weighted by Crippen LogP contribution is 2.31. The van der Waals surface area contributed by atoms with Gasteiger partial charge in [0.15, 0.2) is 6.10 Å². The molecular formula is C18H19ClN2O3S. The van der Waals surface area contributed by atoms with Crippen LogP contribution in [0.4, 0.5) is 0 Å². The molecule has 3 rings (SSSR count). The number of carbonyl (C=O) groups is 2. The normalized spacial score (nSPS) is 20.6. The predicted octanol–water partition coefficient (Wildman–Crippen LogP) is 2.96. The van der Waals surface area contributed by atoms with E-state index in [2.05, 4.69) is 0 Å². The van der Waals surface area contributed by atoms with Crippen LogP contribution in [0.15, 0.2) is 41.8 Å². The first-order valence-electron chi connectivity index (χ1n) is 7.87. The third kappa shape index (κ3) is 3.86. The van der Waals surface area contributed by atoms with Gasteiger partial charge in [-0.1, -0.05) is 29.8 Å². The second kappa shape index (κ2) is 7.56. The maximum atomic E-state index is 13.0. The van der Waals surface area contributed by atoms with Crippen molar-refractivity contribution < 1.29 is 14.3 Å². The lowest BCUT2D eigenvalue weighted by Crippen LogP contribution is -2.53. The molecule has 1 aromatic carbocycles. The van der Waals surface area contributed by atoms with Crippen LogP contribution in [0.2, 0.25) is 5.02 Å². The number of thiophene rings is 1. The van der Waals surface area contributed by atoms with Crippen LogP contribution >= 0.6 is 22.9 Å². The van der Waals surface area contributed by atoms with E-state index in [0.29, 0.717) is 11.6 Å². The van der Waals surface area contributed by atoms with Gasteiger partial charge in [-0.3, -0.25) is 9.59 Å². The molecule has 25 heavy (non-hydrogen) atoms. The number of nitrogens with zero attached hydrogens (tertiary/aromatic N) is 2. The Bertz CT molecular complexity index is 748. The standard InChI is InChI=1S/C18H19ClN2O3S/c1-20(10-14-4-3-9-25-14)18(23)17-16(21(2)15(22)11-24-17)12-5-7-13(19)8-6-12/h3-9,16-17H,10-11H2,1-2H3/t16-,17+/m0/s1. The van der Waals surface area contributed by atoms with Crippen LogP contribution < -0.4 is 0 Å². The maximum absolute atomic E-state index is 13.0. The Morgan fingerprint density at radius 1 is 1.36 bits per heavy atom. The van der Waals surface area contributed by atoms with Gasteiger partial charge >= 0.3 is 0 Å². The summed E-state index contributed by atoms with van der Waals surface area (Å²) in [7, 11) is 3.45. The SMILES string of the molecule is CN(Cc1cccs1)C(=O)[C@@H]1OCC(=O)N(C)[C@H]1c1ccc(Cl)cc1. The fourth-order valence-corrected chi connectivity index (χ4v) is 3.79. The molecule has 0 aliphatic carbocycles. The number of amides is 2. The van der Waals surface area contributed by atoms with Crippen molar-refractivity contribution in [3.05, 3.63) is 57.2 Å². The van der Waals surface area contributed by atoms with E-state index in [1.807, 2.05) is 29.6 Å². The fraction of sp³-hybridized carbons (Fsp3) is 0.333. The molecule has 0 bridgehead atoms. The van der Waals surface area contributed by atoms with Gasteiger partial charge in [-0.15, -0.1) is 11.3 Å². The molecular weight excluding hydrogens is 360 g/mol. The van der Waals surface area contributed by atoms with E-state index >= 15 is 0 Å². The zero-order valence-electron chi connectivity index (χ0n) is 14.0. The molecule has 1 aliphatic rings. The molecule has 0 unspecified atom stereocenters. The molecule has 0 spiro atoms. The van der Waals surface area contributed by atoms with E-state index in [1.165, 1.54) is 0 Å². The first kappa shape index (κ1) is 17.9. The van der Waals surface area contributed by atoms with Crippen LogP contribution in [0.1, 0.15) is 16.5 Å². The highest BCUT2D eigenvalue weighted by molar-refractivity contribution is 7.09. The molecule has 132 valence electrons. The third-order valence-corrected chi connectivity index (χ3v) is 5.40. The van der Waals surface area contributed by atoms with E-state index in [0.717, 1.165) is 10.4 Å². The number of ether oxygens (including phenoxy) is 1. The maximum Gasteiger partial charge on any atom is 0.254 e. The number of likely N-dealkylation sites (N-methyl/N-ethyl adjacent to an activating group) is 2. The lowest BCUT2D eigenvalue weighted by atomic mass is 9.97. The first-order chi connectivity index (χ1) is 12.0. The Morgan fingerprint density at radius 2 is 2.08 bits per heavy atom. The van der Waals surface area contributed by atoms with Crippen molar-refractivity contribution in [2.45, 2.75) is 18.7 Å². The number of hydrogen-bond donors (Lipinski definition) is 0. The van der Waals surface area contributed by atoms with Crippen molar-refractivity contribution in [3.8, 4) is 0 Å². The molecule has 0 radical (unpaired) electrons. The Balaban J connectivity index is 1.84. The van der Waals surface area contributed by atoms with Crippen molar-refractivity contribution in [3.63, 3.8) is 0 Å². The Labute approximate surface area is 155 Å². The molecule has 2 aromatic rings. The summed E-state index contributed by atoms with van der Waals surface area (Å²) in [6.45, 7) is 0.422. The van der Waals surface area contributed by atoms with Gasteiger partial charge in [-0.2, -0.15) is 0 Å². The predicted molar refractivity (Wildman–Crippen MR) is 97.5 cm³/mol.